The highest BCUT2D eigenvalue weighted by Gasteiger charge is 2.32. The van der Waals surface area contributed by atoms with E-state index in [-0.39, 0.29) is 22.6 Å². The molecule has 1 aliphatic heterocycles. The average molecular weight is 393 g/mol. The third-order valence-electron chi connectivity index (χ3n) is 4.63. The molecule has 3 N–H and O–H groups in total. The molecular formula is C16H19N5O3S2. The van der Waals surface area contributed by atoms with Crippen LogP contribution >= 0.6 is 11.8 Å². The lowest BCUT2D eigenvalue weighted by Gasteiger charge is -2.22. The fourth-order valence-electron chi connectivity index (χ4n) is 3.22. The Bertz CT molecular complexity index is 968. The Kier molecular flexibility index (Phi) is 4.28. The van der Waals surface area contributed by atoms with Crippen LogP contribution in [0.5, 0.6) is 0 Å². The van der Waals surface area contributed by atoms with Crippen molar-refractivity contribution < 1.29 is 13.2 Å². The number of carbonyl (C=O) groups excluding carboxylic acids is 1. The SMILES string of the molecule is CC1Cc2cc(S(N)(=O)=O)ccc2N1C(=O)CSc1n[nH]c(C2CC2)n1. The number of sulfonamides is 1. The number of aromatic nitrogens is 3. The number of H-pyrrole nitrogens is 1. The molecule has 26 heavy (non-hydrogen) atoms. The number of aromatic amines is 1. The summed E-state index contributed by atoms with van der Waals surface area (Å²) in [5.74, 6) is 1.56. The van der Waals surface area contributed by atoms with Crippen molar-refractivity contribution in [2.75, 3.05) is 10.7 Å². The lowest BCUT2D eigenvalue weighted by molar-refractivity contribution is -0.116. The van der Waals surface area contributed by atoms with Gasteiger partial charge in [-0.2, -0.15) is 0 Å². The van der Waals surface area contributed by atoms with Crippen LogP contribution in [0.25, 0.3) is 0 Å². The fourth-order valence-corrected chi connectivity index (χ4v) is 4.45. The molecule has 10 heteroatoms. The van der Waals surface area contributed by atoms with Gasteiger partial charge in [-0.3, -0.25) is 9.89 Å². The molecule has 1 amide bonds. The van der Waals surface area contributed by atoms with Gasteiger partial charge in [0.15, 0.2) is 0 Å². The summed E-state index contributed by atoms with van der Waals surface area (Å²) in [6, 6.07) is 4.61. The predicted molar refractivity (Wildman–Crippen MR) is 97.5 cm³/mol. The summed E-state index contributed by atoms with van der Waals surface area (Å²) in [6.07, 6.45) is 2.88. The molecule has 0 radical (unpaired) electrons. The number of anilines is 1. The van der Waals surface area contributed by atoms with Gasteiger partial charge in [-0.25, -0.2) is 18.5 Å². The van der Waals surface area contributed by atoms with Crippen LogP contribution in [-0.2, 0) is 21.2 Å². The Morgan fingerprint density at radius 2 is 2.19 bits per heavy atom. The summed E-state index contributed by atoms with van der Waals surface area (Å²) in [5.41, 5.74) is 1.56. The summed E-state index contributed by atoms with van der Waals surface area (Å²) >= 11 is 1.30. The number of nitrogens with zero attached hydrogens (tertiary/aromatic N) is 3. The summed E-state index contributed by atoms with van der Waals surface area (Å²) in [7, 11) is -3.75. The number of benzene rings is 1. The lowest BCUT2D eigenvalue weighted by atomic mass is 10.1. The Morgan fingerprint density at radius 1 is 1.42 bits per heavy atom. The highest BCUT2D eigenvalue weighted by Crippen LogP contribution is 2.38. The predicted octanol–water partition coefficient (Wildman–Crippen LogP) is 1.40. The highest BCUT2D eigenvalue weighted by molar-refractivity contribution is 7.99. The van der Waals surface area contributed by atoms with Gasteiger partial charge in [-0.05, 0) is 49.9 Å². The second-order valence-corrected chi connectivity index (χ2v) is 9.22. The van der Waals surface area contributed by atoms with Gasteiger partial charge in [0.1, 0.15) is 5.82 Å². The number of hydrogen-bond acceptors (Lipinski definition) is 6. The second kappa shape index (κ2) is 6.36. The first kappa shape index (κ1) is 17.5. The Hall–Kier alpha value is -1.91. The molecule has 1 saturated carbocycles. The third-order valence-corrected chi connectivity index (χ3v) is 6.38. The van der Waals surface area contributed by atoms with Crippen LogP contribution in [0, 0.1) is 0 Å². The van der Waals surface area contributed by atoms with E-state index < -0.39 is 10.0 Å². The van der Waals surface area contributed by atoms with Crippen molar-refractivity contribution in [1.82, 2.24) is 15.2 Å². The average Bonchev–Trinajstić information content (AvgIpc) is 3.22. The fraction of sp³-hybridized carbons (Fsp3) is 0.438. The number of amides is 1. The minimum atomic E-state index is -3.75. The number of carbonyl (C=O) groups is 1. The van der Waals surface area contributed by atoms with Crippen molar-refractivity contribution in [3.05, 3.63) is 29.6 Å². The number of hydrogen-bond donors (Lipinski definition) is 2. The largest absolute Gasteiger partial charge is 0.308 e. The quantitative estimate of drug-likeness (QED) is 0.741. The molecule has 0 saturated heterocycles. The van der Waals surface area contributed by atoms with Crippen molar-refractivity contribution in [3.63, 3.8) is 0 Å². The lowest BCUT2D eigenvalue weighted by Crippen LogP contribution is -2.37. The molecule has 2 aromatic rings. The van der Waals surface area contributed by atoms with Gasteiger partial charge < -0.3 is 4.90 Å². The number of primary sulfonamides is 1. The molecule has 1 unspecified atom stereocenters. The minimum Gasteiger partial charge on any atom is -0.308 e. The number of rotatable bonds is 5. The van der Waals surface area contributed by atoms with E-state index in [1.807, 2.05) is 6.92 Å². The summed E-state index contributed by atoms with van der Waals surface area (Å²) < 4.78 is 23.0. The van der Waals surface area contributed by atoms with Crippen LogP contribution in [0.3, 0.4) is 0 Å². The van der Waals surface area contributed by atoms with Crippen LogP contribution in [0.2, 0.25) is 0 Å². The Labute approximate surface area is 155 Å². The zero-order valence-corrected chi connectivity index (χ0v) is 15.8. The van der Waals surface area contributed by atoms with Crippen LogP contribution in [0.4, 0.5) is 5.69 Å². The standard InChI is InChI=1S/C16H19N5O3S2/c1-9-6-11-7-12(26(17,23)24)4-5-13(11)21(9)14(22)8-25-16-18-15(19-20-16)10-2-3-10/h4-5,7,9-10H,2-3,6,8H2,1H3,(H2,17,23,24)(H,18,19,20). The van der Waals surface area contributed by atoms with Gasteiger partial charge in [0.2, 0.25) is 21.1 Å². The van der Waals surface area contributed by atoms with Gasteiger partial charge in [0, 0.05) is 17.6 Å². The van der Waals surface area contributed by atoms with Gasteiger partial charge in [-0.1, -0.05) is 11.8 Å². The van der Waals surface area contributed by atoms with Gasteiger partial charge in [0.25, 0.3) is 0 Å². The van der Waals surface area contributed by atoms with E-state index in [0.717, 1.165) is 29.9 Å². The Morgan fingerprint density at radius 3 is 2.88 bits per heavy atom. The number of nitrogens with one attached hydrogen (secondary N) is 1. The summed E-state index contributed by atoms with van der Waals surface area (Å²) in [4.78, 5) is 18.9. The van der Waals surface area contributed by atoms with Crippen molar-refractivity contribution in [2.24, 2.45) is 5.14 Å². The molecular weight excluding hydrogens is 374 g/mol. The van der Waals surface area contributed by atoms with Crippen LogP contribution in [-0.4, -0.2) is 41.3 Å². The molecule has 8 nitrogen and oxygen atoms in total. The van der Waals surface area contributed by atoms with E-state index in [9.17, 15) is 13.2 Å². The number of fused-ring (bicyclic) bond motifs is 1. The molecule has 2 heterocycles. The zero-order valence-electron chi connectivity index (χ0n) is 14.2. The number of thioether (sulfide) groups is 1. The first-order valence-electron chi connectivity index (χ1n) is 8.36. The van der Waals surface area contributed by atoms with Crippen molar-refractivity contribution >= 4 is 33.4 Å². The maximum absolute atomic E-state index is 12.7. The van der Waals surface area contributed by atoms with E-state index in [2.05, 4.69) is 15.2 Å². The zero-order chi connectivity index (χ0) is 18.5. The molecule has 4 rings (SSSR count). The normalized spacial score (nSPS) is 19.6. The summed E-state index contributed by atoms with van der Waals surface area (Å²) in [6.45, 7) is 1.94. The van der Waals surface area contributed by atoms with Crippen LogP contribution in [0.15, 0.2) is 28.3 Å². The molecule has 138 valence electrons. The van der Waals surface area contributed by atoms with E-state index in [0.29, 0.717) is 17.5 Å². The third kappa shape index (κ3) is 3.36. The van der Waals surface area contributed by atoms with E-state index >= 15 is 0 Å². The molecule has 2 aliphatic rings. The molecule has 1 aliphatic carbocycles. The van der Waals surface area contributed by atoms with E-state index in [4.69, 9.17) is 5.14 Å². The number of nitrogens with two attached hydrogens (primary N) is 1. The van der Waals surface area contributed by atoms with E-state index in [1.54, 1.807) is 17.0 Å². The topological polar surface area (TPSA) is 122 Å². The van der Waals surface area contributed by atoms with Crippen LogP contribution in [0.1, 0.15) is 37.1 Å². The maximum atomic E-state index is 12.7. The molecule has 1 aromatic carbocycles. The van der Waals surface area contributed by atoms with Gasteiger partial charge >= 0.3 is 0 Å². The molecule has 1 aromatic heterocycles. The van der Waals surface area contributed by atoms with Gasteiger partial charge in [-0.15, -0.1) is 5.10 Å². The minimum absolute atomic E-state index is 0.0389. The maximum Gasteiger partial charge on any atom is 0.238 e. The van der Waals surface area contributed by atoms with E-state index in [1.165, 1.54) is 17.8 Å². The monoisotopic (exact) mass is 393 g/mol. The first-order chi connectivity index (χ1) is 12.3. The molecule has 0 bridgehead atoms. The first-order valence-corrected chi connectivity index (χ1v) is 10.9. The van der Waals surface area contributed by atoms with Crippen molar-refractivity contribution in [1.29, 1.82) is 0 Å². The smallest absolute Gasteiger partial charge is 0.238 e. The Balaban J connectivity index is 1.48. The van der Waals surface area contributed by atoms with Crippen molar-refractivity contribution in [3.8, 4) is 0 Å². The van der Waals surface area contributed by atoms with Crippen LogP contribution < -0.4 is 10.0 Å². The molecule has 0 spiro atoms. The molecule has 1 fully saturated rings. The second-order valence-electron chi connectivity index (χ2n) is 6.72. The van der Waals surface area contributed by atoms with Crippen molar-refractivity contribution in [2.45, 2.75) is 48.2 Å². The van der Waals surface area contributed by atoms with Gasteiger partial charge in [0.05, 0.1) is 10.6 Å². The summed E-state index contributed by atoms with van der Waals surface area (Å²) in [5, 5.41) is 12.9. The molecule has 1 atom stereocenters. The highest BCUT2D eigenvalue weighted by atomic mass is 32.2.